The lowest BCUT2D eigenvalue weighted by Gasteiger charge is -2.06. The number of carbonyl (C=O) groups excluding carboxylic acids is 1. The minimum Gasteiger partial charge on any atom is -0.335 e. The van der Waals surface area contributed by atoms with Gasteiger partial charge in [-0.3, -0.25) is 19.9 Å². The number of amides is 1. The van der Waals surface area contributed by atoms with Crippen molar-refractivity contribution in [3.05, 3.63) is 73.1 Å². The summed E-state index contributed by atoms with van der Waals surface area (Å²) >= 11 is 0. The van der Waals surface area contributed by atoms with Crippen LogP contribution in [0.3, 0.4) is 0 Å². The number of imidazole rings is 1. The molecule has 0 unspecified atom stereocenters. The molecule has 10 heteroatoms. The first-order valence-corrected chi connectivity index (χ1v) is 11.3. The van der Waals surface area contributed by atoms with Gasteiger partial charge in [0.25, 0.3) is 0 Å². The Bertz CT molecular complexity index is 1760. The minimum absolute atomic E-state index is 0.0939. The summed E-state index contributed by atoms with van der Waals surface area (Å²) in [5, 5.41) is 10.2. The van der Waals surface area contributed by atoms with Crippen molar-refractivity contribution in [3.63, 3.8) is 0 Å². The van der Waals surface area contributed by atoms with Crippen molar-refractivity contribution in [2.24, 2.45) is 0 Å². The molecule has 0 aliphatic rings. The summed E-state index contributed by atoms with van der Waals surface area (Å²) in [5.74, 6) is 0.0380. The number of hydrogen-bond acceptors (Lipinski definition) is 6. The van der Waals surface area contributed by atoms with Crippen LogP contribution < -0.4 is 5.32 Å². The van der Waals surface area contributed by atoms with Crippen LogP contribution in [0.2, 0.25) is 0 Å². The van der Waals surface area contributed by atoms with Crippen LogP contribution in [0.5, 0.6) is 0 Å². The standard InChI is InChI=1S/C26H19FN8O/c1-2-22(36)30-15-9-14(10-28-11-15)19-7-8-20-24(31-19)25(35-34-20)26-32-21-13-29-12-17(23(21)33-26)16-5-3-4-6-18(16)27/h3-13H,2H2,1H3,(H,30,36)(H,32,33)(H,34,35). The number of aromatic amines is 2. The van der Waals surface area contributed by atoms with Crippen LogP contribution in [0, 0.1) is 5.82 Å². The van der Waals surface area contributed by atoms with Gasteiger partial charge in [0.2, 0.25) is 5.91 Å². The smallest absolute Gasteiger partial charge is 0.224 e. The average molecular weight is 478 g/mol. The van der Waals surface area contributed by atoms with E-state index < -0.39 is 0 Å². The average Bonchev–Trinajstić information content (AvgIpc) is 3.52. The van der Waals surface area contributed by atoms with Crippen LogP contribution in [0.15, 0.2) is 67.3 Å². The van der Waals surface area contributed by atoms with Crippen molar-refractivity contribution < 1.29 is 9.18 Å². The maximum absolute atomic E-state index is 14.5. The number of carbonyl (C=O) groups is 1. The number of fused-ring (bicyclic) bond motifs is 2. The van der Waals surface area contributed by atoms with Crippen LogP contribution in [0.4, 0.5) is 10.1 Å². The summed E-state index contributed by atoms with van der Waals surface area (Å²) in [7, 11) is 0. The van der Waals surface area contributed by atoms with Crippen molar-refractivity contribution in [3.8, 4) is 33.9 Å². The Morgan fingerprint density at radius 3 is 2.67 bits per heavy atom. The SMILES string of the molecule is CCC(=O)Nc1cncc(-c2ccc3[nH]nc(-c4nc5c(-c6ccccc6F)cncc5[nH]4)c3n2)c1. The number of H-pyrrole nitrogens is 2. The molecule has 5 heterocycles. The Hall–Kier alpha value is -4.99. The molecular weight excluding hydrogens is 459 g/mol. The molecule has 9 nitrogen and oxygen atoms in total. The zero-order valence-electron chi connectivity index (χ0n) is 19.1. The molecule has 0 aliphatic heterocycles. The molecule has 0 spiro atoms. The molecule has 6 aromatic rings. The van der Waals surface area contributed by atoms with Crippen molar-refractivity contribution in [1.29, 1.82) is 0 Å². The maximum atomic E-state index is 14.5. The number of hydrogen-bond donors (Lipinski definition) is 3. The molecule has 0 fully saturated rings. The van der Waals surface area contributed by atoms with E-state index in [4.69, 9.17) is 9.97 Å². The van der Waals surface area contributed by atoms with Gasteiger partial charge in [0.05, 0.1) is 34.8 Å². The molecule has 1 aromatic carbocycles. The number of nitrogens with zero attached hydrogens (tertiary/aromatic N) is 5. The van der Waals surface area contributed by atoms with E-state index >= 15 is 0 Å². The molecule has 0 saturated carbocycles. The highest BCUT2D eigenvalue weighted by molar-refractivity contribution is 5.96. The van der Waals surface area contributed by atoms with E-state index in [1.165, 1.54) is 6.07 Å². The quantitative estimate of drug-likeness (QED) is 0.316. The number of nitrogens with one attached hydrogen (secondary N) is 3. The van der Waals surface area contributed by atoms with E-state index in [0.717, 1.165) is 11.1 Å². The maximum Gasteiger partial charge on any atom is 0.224 e. The van der Waals surface area contributed by atoms with E-state index in [9.17, 15) is 9.18 Å². The zero-order valence-corrected chi connectivity index (χ0v) is 19.1. The number of rotatable bonds is 5. The van der Waals surface area contributed by atoms with E-state index in [1.54, 1.807) is 49.9 Å². The van der Waals surface area contributed by atoms with Crippen LogP contribution >= 0.6 is 0 Å². The van der Waals surface area contributed by atoms with Gasteiger partial charge in [-0.15, -0.1) is 0 Å². The lowest BCUT2D eigenvalue weighted by Crippen LogP contribution is -2.09. The highest BCUT2D eigenvalue weighted by atomic mass is 19.1. The second-order valence-corrected chi connectivity index (χ2v) is 8.18. The Kier molecular flexibility index (Phi) is 5.18. The second kappa shape index (κ2) is 8.66. The van der Waals surface area contributed by atoms with Gasteiger partial charge in [-0.25, -0.2) is 14.4 Å². The van der Waals surface area contributed by atoms with Gasteiger partial charge < -0.3 is 10.3 Å². The van der Waals surface area contributed by atoms with Crippen LogP contribution in [-0.2, 0) is 4.79 Å². The molecule has 36 heavy (non-hydrogen) atoms. The van der Waals surface area contributed by atoms with Gasteiger partial charge >= 0.3 is 0 Å². The van der Waals surface area contributed by atoms with Gasteiger partial charge in [0.1, 0.15) is 16.9 Å². The van der Waals surface area contributed by atoms with Gasteiger partial charge in [0.15, 0.2) is 11.5 Å². The summed E-state index contributed by atoms with van der Waals surface area (Å²) in [5.41, 5.74) is 6.10. The molecule has 0 saturated heterocycles. The first-order valence-electron chi connectivity index (χ1n) is 11.3. The minimum atomic E-state index is -0.348. The lowest BCUT2D eigenvalue weighted by atomic mass is 10.1. The summed E-state index contributed by atoms with van der Waals surface area (Å²) in [6, 6.07) is 12.1. The van der Waals surface area contributed by atoms with E-state index in [0.29, 0.717) is 57.0 Å². The first-order chi connectivity index (χ1) is 17.6. The van der Waals surface area contributed by atoms with Crippen molar-refractivity contribution >= 4 is 33.7 Å². The molecule has 5 aromatic heterocycles. The largest absolute Gasteiger partial charge is 0.335 e. The van der Waals surface area contributed by atoms with Crippen LogP contribution in [-0.4, -0.2) is 41.0 Å². The highest BCUT2D eigenvalue weighted by Gasteiger charge is 2.18. The molecule has 0 bridgehead atoms. The summed E-state index contributed by atoms with van der Waals surface area (Å²) in [6.45, 7) is 1.79. The zero-order chi connectivity index (χ0) is 24.6. The molecule has 0 aliphatic carbocycles. The molecule has 0 atom stereocenters. The molecule has 3 N–H and O–H groups in total. The first kappa shape index (κ1) is 21.5. The lowest BCUT2D eigenvalue weighted by molar-refractivity contribution is -0.115. The van der Waals surface area contributed by atoms with E-state index in [-0.39, 0.29) is 11.7 Å². The van der Waals surface area contributed by atoms with Crippen LogP contribution in [0.25, 0.3) is 56.0 Å². The molecule has 6 rings (SSSR count). The van der Waals surface area contributed by atoms with Crippen molar-refractivity contribution in [2.75, 3.05) is 5.32 Å². The summed E-state index contributed by atoms with van der Waals surface area (Å²) in [4.78, 5) is 33.0. The monoisotopic (exact) mass is 478 g/mol. The predicted molar refractivity (Wildman–Crippen MR) is 134 cm³/mol. The van der Waals surface area contributed by atoms with Gasteiger partial charge in [-0.2, -0.15) is 5.10 Å². The van der Waals surface area contributed by atoms with E-state index in [1.807, 2.05) is 18.2 Å². The number of halogens is 1. The topological polar surface area (TPSA) is 125 Å². The Balaban J connectivity index is 1.44. The normalized spacial score (nSPS) is 11.3. The number of aromatic nitrogens is 7. The molecule has 0 radical (unpaired) electrons. The van der Waals surface area contributed by atoms with Crippen LogP contribution in [0.1, 0.15) is 13.3 Å². The summed E-state index contributed by atoms with van der Waals surface area (Å²) < 4.78 is 14.5. The Morgan fingerprint density at radius 1 is 0.944 bits per heavy atom. The number of benzene rings is 1. The fourth-order valence-electron chi connectivity index (χ4n) is 4.04. The molecule has 176 valence electrons. The Morgan fingerprint density at radius 2 is 1.81 bits per heavy atom. The van der Waals surface area contributed by atoms with E-state index in [2.05, 4.69) is 30.5 Å². The predicted octanol–water partition coefficient (Wildman–Crippen LogP) is 5.11. The second-order valence-electron chi connectivity index (χ2n) is 8.18. The number of anilines is 1. The third kappa shape index (κ3) is 3.74. The third-order valence-electron chi connectivity index (χ3n) is 5.83. The molecule has 1 amide bonds. The molecular formula is C26H19FN8O. The van der Waals surface area contributed by atoms with Crippen molar-refractivity contribution in [1.82, 2.24) is 35.1 Å². The van der Waals surface area contributed by atoms with Gasteiger partial charge in [-0.1, -0.05) is 25.1 Å². The fraction of sp³-hybridized carbons (Fsp3) is 0.0769. The number of pyridine rings is 3. The fourth-order valence-corrected chi connectivity index (χ4v) is 4.04. The highest BCUT2D eigenvalue weighted by Crippen LogP contribution is 2.32. The third-order valence-corrected chi connectivity index (χ3v) is 5.83. The van der Waals surface area contributed by atoms with Crippen molar-refractivity contribution in [2.45, 2.75) is 13.3 Å². The summed E-state index contributed by atoms with van der Waals surface area (Å²) in [6.07, 6.45) is 6.89. The van der Waals surface area contributed by atoms with Gasteiger partial charge in [-0.05, 0) is 24.3 Å². The Labute approximate surface area is 203 Å². The van der Waals surface area contributed by atoms with Gasteiger partial charge in [0, 0.05) is 35.5 Å².